The first-order valence-corrected chi connectivity index (χ1v) is 4.83. The summed E-state index contributed by atoms with van der Waals surface area (Å²) in [6.45, 7) is 3.72. The minimum absolute atomic E-state index is 0.116. The molecule has 76 valence electrons. The van der Waals surface area contributed by atoms with Gasteiger partial charge in [0.2, 0.25) is 5.91 Å². The van der Waals surface area contributed by atoms with Crippen LogP contribution in [0.1, 0.15) is 6.42 Å². The van der Waals surface area contributed by atoms with E-state index in [0.717, 1.165) is 25.6 Å². The van der Waals surface area contributed by atoms with Gasteiger partial charge in [-0.1, -0.05) is 0 Å². The van der Waals surface area contributed by atoms with E-state index in [1.165, 1.54) is 6.42 Å². The van der Waals surface area contributed by atoms with Crippen molar-refractivity contribution in [3.8, 4) is 0 Å². The first kappa shape index (κ1) is 10.5. The predicted molar refractivity (Wildman–Crippen MR) is 52.5 cm³/mol. The van der Waals surface area contributed by atoms with Crippen LogP contribution in [-0.2, 0) is 4.79 Å². The highest BCUT2D eigenvalue weighted by molar-refractivity contribution is 5.77. The van der Waals surface area contributed by atoms with Crippen LogP contribution < -0.4 is 10.6 Å². The Kier molecular flexibility index (Phi) is 4.18. The normalized spacial score (nSPS) is 23.4. The third-order valence-electron chi connectivity index (χ3n) is 2.51. The molecule has 1 rings (SSSR count). The molecule has 0 aromatic rings. The van der Waals surface area contributed by atoms with Crippen LogP contribution in [0.4, 0.5) is 0 Å². The van der Waals surface area contributed by atoms with Crippen molar-refractivity contribution in [3.63, 3.8) is 0 Å². The molecule has 0 radical (unpaired) electrons. The Hall–Kier alpha value is -0.610. The highest BCUT2D eigenvalue weighted by Crippen LogP contribution is 2.14. The molecule has 0 aliphatic carbocycles. The summed E-state index contributed by atoms with van der Waals surface area (Å²) in [4.78, 5) is 13.3. The third kappa shape index (κ3) is 3.32. The van der Waals surface area contributed by atoms with Crippen molar-refractivity contribution >= 4 is 5.91 Å². The predicted octanol–water partition coefficient (Wildman–Crippen LogP) is -0.726. The minimum atomic E-state index is 0.116. The zero-order valence-corrected chi connectivity index (χ0v) is 8.47. The Morgan fingerprint density at radius 2 is 2.31 bits per heavy atom. The number of rotatable bonds is 4. The molecule has 2 N–H and O–H groups in total. The second kappa shape index (κ2) is 5.19. The molecule has 0 aromatic carbocycles. The Bertz CT molecular complexity index is 172. The SMILES string of the molecule is CNCC1CCN(CC(=O)NC)C1. The molecule has 0 bridgehead atoms. The van der Waals surface area contributed by atoms with E-state index >= 15 is 0 Å². The van der Waals surface area contributed by atoms with Crippen molar-refractivity contribution in [1.82, 2.24) is 15.5 Å². The summed E-state index contributed by atoms with van der Waals surface area (Å²) in [7, 11) is 3.66. The number of nitrogens with one attached hydrogen (secondary N) is 2. The van der Waals surface area contributed by atoms with E-state index in [1.807, 2.05) is 7.05 Å². The first-order valence-electron chi connectivity index (χ1n) is 4.83. The average Bonchev–Trinajstić information content (AvgIpc) is 2.53. The van der Waals surface area contributed by atoms with Gasteiger partial charge >= 0.3 is 0 Å². The Labute approximate surface area is 79.7 Å². The third-order valence-corrected chi connectivity index (χ3v) is 2.51. The van der Waals surface area contributed by atoms with Gasteiger partial charge in [-0.2, -0.15) is 0 Å². The maximum atomic E-state index is 11.1. The quantitative estimate of drug-likeness (QED) is 0.607. The number of carbonyl (C=O) groups is 1. The number of likely N-dealkylation sites (tertiary alicyclic amines) is 1. The monoisotopic (exact) mass is 185 g/mol. The van der Waals surface area contributed by atoms with Crippen molar-refractivity contribution in [2.75, 3.05) is 40.3 Å². The fourth-order valence-corrected chi connectivity index (χ4v) is 1.79. The summed E-state index contributed by atoms with van der Waals surface area (Å²) in [6, 6.07) is 0. The topological polar surface area (TPSA) is 44.4 Å². The average molecular weight is 185 g/mol. The van der Waals surface area contributed by atoms with Gasteiger partial charge in [-0.15, -0.1) is 0 Å². The van der Waals surface area contributed by atoms with E-state index in [4.69, 9.17) is 0 Å². The van der Waals surface area contributed by atoms with Crippen LogP contribution in [-0.4, -0.2) is 51.1 Å². The van der Waals surface area contributed by atoms with Gasteiger partial charge in [-0.05, 0) is 32.5 Å². The maximum absolute atomic E-state index is 11.1. The lowest BCUT2D eigenvalue weighted by atomic mass is 10.1. The lowest BCUT2D eigenvalue weighted by Crippen LogP contribution is -2.34. The molecule has 1 unspecified atom stereocenters. The first-order chi connectivity index (χ1) is 6.26. The van der Waals surface area contributed by atoms with Gasteiger partial charge in [0.05, 0.1) is 6.54 Å². The summed E-state index contributed by atoms with van der Waals surface area (Å²) in [6.07, 6.45) is 1.21. The molecule has 1 amide bonds. The van der Waals surface area contributed by atoms with Gasteiger partial charge < -0.3 is 10.6 Å². The number of carbonyl (C=O) groups excluding carboxylic acids is 1. The lowest BCUT2D eigenvalue weighted by molar-refractivity contribution is -0.121. The fraction of sp³-hybridized carbons (Fsp3) is 0.889. The molecule has 0 spiro atoms. The van der Waals surface area contributed by atoms with E-state index in [0.29, 0.717) is 6.54 Å². The molecule has 1 saturated heterocycles. The molecular formula is C9H19N3O. The second-order valence-electron chi connectivity index (χ2n) is 3.62. The van der Waals surface area contributed by atoms with E-state index in [2.05, 4.69) is 15.5 Å². The van der Waals surface area contributed by atoms with Crippen LogP contribution in [0.3, 0.4) is 0 Å². The van der Waals surface area contributed by atoms with Gasteiger partial charge in [0.1, 0.15) is 0 Å². The lowest BCUT2D eigenvalue weighted by Gasteiger charge is -2.14. The van der Waals surface area contributed by atoms with E-state index < -0.39 is 0 Å². The number of likely N-dealkylation sites (N-methyl/N-ethyl adjacent to an activating group) is 1. The maximum Gasteiger partial charge on any atom is 0.233 e. The number of nitrogens with zero attached hydrogens (tertiary/aromatic N) is 1. The zero-order chi connectivity index (χ0) is 9.68. The highest BCUT2D eigenvalue weighted by atomic mass is 16.1. The zero-order valence-electron chi connectivity index (χ0n) is 8.47. The summed E-state index contributed by atoms with van der Waals surface area (Å²) < 4.78 is 0. The van der Waals surface area contributed by atoms with Gasteiger partial charge in [0.25, 0.3) is 0 Å². The standard InChI is InChI=1S/C9H19N3O/c1-10-5-8-3-4-12(6-8)7-9(13)11-2/h8,10H,3-7H2,1-2H3,(H,11,13). The van der Waals surface area contributed by atoms with Crippen LogP contribution in [0.2, 0.25) is 0 Å². The Morgan fingerprint density at radius 3 is 2.92 bits per heavy atom. The smallest absolute Gasteiger partial charge is 0.233 e. The summed E-state index contributed by atoms with van der Waals surface area (Å²) in [5.74, 6) is 0.833. The van der Waals surface area contributed by atoms with Crippen molar-refractivity contribution in [2.45, 2.75) is 6.42 Å². The van der Waals surface area contributed by atoms with Crippen molar-refractivity contribution < 1.29 is 4.79 Å². The molecular weight excluding hydrogens is 166 g/mol. The van der Waals surface area contributed by atoms with E-state index in [-0.39, 0.29) is 5.91 Å². The molecule has 0 aromatic heterocycles. The molecule has 4 nitrogen and oxygen atoms in total. The molecule has 1 atom stereocenters. The van der Waals surface area contributed by atoms with Gasteiger partial charge in [-0.3, -0.25) is 9.69 Å². The van der Waals surface area contributed by atoms with Crippen LogP contribution in [0.15, 0.2) is 0 Å². The van der Waals surface area contributed by atoms with E-state index in [1.54, 1.807) is 7.05 Å². The fourth-order valence-electron chi connectivity index (χ4n) is 1.79. The van der Waals surface area contributed by atoms with E-state index in [9.17, 15) is 4.79 Å². The summed E-state index contributed by atoms with van der Waals surface area (Å²) in [5.41, 5.74) is 0. The Morgan fingerprint density at radius 1 is 1.54 bits per heavy atom. The number of hydrogen-bond donors (Lipinski definition) is 2. The van der Waals surface area contributed by atoms with Crippen molar-refractivity contribution in [1.29, 1.82) is 0 Å². The second-order valence-corrected chi connectivity index (χ2v) is 3.62. The van der Waals surface area contributed by atoms with Gasteiger partial charge in [-0.25, -0.2) is 0 Å². The number of amides is 1. The largest absolute Gasteiger partial charge is 0.358 e. The van der Waals surface area contributed by atoms with Crippen LogP contribution in [0.5, 0.6) is 0 Å². The van der Waals surface area contributed by atoms with Crippen LogP contribution >= 0.6 is 0 Å². The minimum Gasteiger partial charge on any atom is -0.358 e. The Balaban J connectivity index is 2.20. The van der Waals surface area contributed by atoms with Gasteiger partial charge in [0, 0.05) is 13.6 Å². The van der Waals surface area contributed by atoms with Gasteiger partial charge in [0.15, 0.2) is 0 Å². The molecule has 1 fully saturated rings. The molecule has 0 saturated carbocycles. The summed E-state index contributed by atoms with van der Waals surface area (Å²) in [5, 5.41) is 5.81. The molecule has 13 heavy (non-hydrogen) atoms. The van der Waals surface area contributed by atoms with Crippen molar-refractivity contribution in [3.05, 3.63) is 0 Å². The number of hydrogen-bond acceptors (Lipinski definition) is 3. The molecule has 1 aliphatic heterocycles. The molecule has 1 aliphatic rings. The highest BCUT2D eigenvalue weighted by Gasteiger charge is 2.22. The van der Waals surface area contributed by atoms with Crippen molar-refractivity contribution in [2.24, 2.45) is 5.92 Å². The molecule has 4 heteroatoms. The summed E-state index contributed by atoms with van der Waals surface area (Å²) >= 11 is 0. The van der Waals surface area contributed by atoms with Crippen LogP contribution in [0.25, 0.3) is 0 Å². The van der Waals surface area contributed by atoms with Crippen LogP contribution in [0, 0.1) is 5.92 Å². The molecule has 1 heterocycles.